The van der Waals surface area contributed by atoms with Crippen LogP contribution in [0, 0.1) is 11.8 Å². The minimum Gasteiger partial charge on any atom is -0.478 e. The van der Waals surface area contributed by atoms with E-state index in [4.69, 9.17) is 5.11 Å². The Labute approximate surface area is 167 Å². The molecule has 29 heavy (non-hydrogen) atoms. The van der Waals surface area contributed by atoms with Crippen LogP contribution in [0.5, 0.6) is 0 Å². The number of carboxylic acids is 1. The van der Waals surface area contributed by atoms with Gasteiger partial charge in [-0.15, -0.1) is 0 Å². The van der Waals surface area contributed by atoms with Crippen LogP contribution in [-0.2, 0) is 9.59 Å². The Morgan fingerprint density at radius 1 is 0.897 bits per heavy atom. The molecular weight excluding hydrogens is 372 g/mol. The number of carbonyl (C=O) groups is 4. The molecule has 0 spiro atoms. The minimum absolute atomic E-state index is 0.123. The van der Waals surface area contributed by atoms with E-state index in [2.05, 4.69) is 5.32 Å². The lowest BCUT2D eigenvalue weighted by atomic mass is 9.81. The van der Waals surface area contributed by atoms with E-state index in [0.29, 0.717) is 16.9 Å². The Hall–Kier alpha value is -3.48. The van der Waals surface area contributed by atoms with Crippen LogP contribution < -0.4 is 10.2 Å². The lowest BCUT2D eigenvalue weighted by Gasteiger charge is -2.19. The summed E-state index contributed by atoms with van der Waals surface area (Å²) in [4.78, 5) is 50.3. The number of nitrogens with zero attached hydrogens (tertiary/aromatic N) is 1. The maximum Gasteiger partial charge on any atom is 0.335 e. The third kappa shape index (κ3) is 3.51. The number of rotatable bonds is 4. The molecule has 7 nitrogen and oxygen atoms in total. The number of benzene rings is 2. The van der Waals surface area contributed by atoms with E-state index in [0.717, 1.165) is 25.7 Å². The zero-order valence-corrected chi connectivity index (χ0v) is 15.6. The molecular formula is C22H20N2O5. The first-order chi connectivity index (χ1) is 14.0. The standard InChI is InChI=1S/C22H20N2O5/c25-19(23-15-10-8-13(9-11-15)22(28)29)14-4-3-5-16(12-14)24-20(26)17-6-1-2-7-18(17)21(24)27/h3-5,8-12,17-18H,1-2,6-7H2,(H,23,25)(H,28,29)/t17-,18+. The lowest BCUT2D eigenvalue weighted by molar-refractivity contribution is -0.122. The van der Waals surface area contributed by atoms with Crippen LogP contribution in [-0.4, -0.2) is 28.8 Å². The number of nitrogens with one attached hydrogen (secondary N) is 1. The fourth-order valence-electron chi connectivity index (χ4n) is 4.10. The fraction of sp³-hybridized carbons (Fsp3) is 0.273. The van der Waals surface area contributed by atoms with Gasteiger partial charge in [0, 0.05) is 11.3 Å². The Morgan fingerprint density at radius 2 is 1.52 bits per heavy atom. The van der Waals surface area contributed by atoms with Gasteiger partial charge >= 0.3 is 5.97 Å². The van der Waals surface area contributed by atoms with Crippen molar-refractivity contribution in [1.82, 2.24) is 0 Å². The van der Waals surface area contributed by atoms with E-state index >= 15 is 0 Å². The zero-order chi connectivity index (χ0) is 20.5. The van der Waals surface area contributed by atoms with Crippen LogP contribution in [0.3, 0.4) is 0 Å². The molecule has 1 heterocycles. The molecule has 1 aliphatic heterocycles. The van der Waals surface area contributed by atoms with Crippen LogP contribution in [0.1, 0.15) is 46.4 Å². The van der Waals surface area contributed by atoms with Gasteiger partial charge in [-0.2, -0.15) is 0 Å². The van der Waals surface area contributed by atoms with Gasteiger partial charge < -0.3 is 10.4 Å². The van der Waals surface area contributed by atoms with Gasteiger partial charge in [-0.05, 0) is 55.3 Å². The number of amides is 3. The monoisotopic (exact) mass is 392 g/mol. The summed E-state index contributed by atoms with van der Waals surface area (Å²) >= 11 is 0. The van der Waals surface area contributed by atoms with Crippen molar-refractivity contribution in [3.05, 3.63) is 59.7 Å². The third-order valence-corrected chi connectivity index (χ3v) is 5.60. The van der Waals surface area contributed by atoms with Crippen molar-refractivity contribution in [3.63, 3.8) is 0 Å². The highest BCUT2D eigenvalue weighted by molar-refractivity contribution is 6.22. The van der Waals surface area contributed by atoms with Crippen LogP contribution in [0.4, 0.5) is 11.4 Å². The van der Waals surface area contributed by atoms with E-state index in [1.165, 1.54) is 35.2 Å². The van der Waals surface area contributed by atoms with Crippen LogP contribution in [0.2, 0.25) is 0 Å². The SMILES string of the molecule is O=C(O)c1ccc(NC(=O)c2cccc(N3C(=O)[C@H]4CCCC[C@H]4C3=O)c2)cc1. The Balaban J connectivity index is 1.54. The second-order valence-electron chi connectivity index (χ2n) is 7.40. The van der Waals surface area contributed by atoms with Crippen molar-refractivity contribution in [2.75, 3.05) is 10.2 Å². The molecule has 2 N–H and O–H groups in total. The van der Waals surface area contributed by atoms with E-state index in [1.54, 1.807) is 18.2 Å². The molecule has 0 aromatic heterocycles. The molecule has 1 saturated carbocycles. The number of aromatic carboxylic acids is 1. The average molecular weight is 392 g/mol. The molecule has 0 bridgehead atoms. The van der Waals surface area contributed by atoms with Crippen molar-refractivity contribution >= 4 is 35.1 Å². The van der Waals surface area contributed by atoms with Crippen LogP contribution in [0.25, 0.3) is 0 Å². The van der Waals surface area contributed by atoms with Crippen molar-refractivity contribution < 1.29 is 24.3 Å². The van der Waals surface area contributed by atoms with Crippen molar-refractivity contribution in [1.29, 1.82) is 0 Å². The molecule has 0 unspecified atom stereocenters. The summed E-state index contributed by atoms with van der Waals surface area (Å²) in [6, 6.07) is 12.2. The predicted octanol–water partition coefficient (Wildman–Crippen LogP) is 3.32. The molecule has 3 amide bonds. The summed E-state index contributed by atoms with van der Waals surface area (Å²) < 4.78 is 0. The number of fused-ring (bicyclic) bond motifs is 1. The smallest absolute Gasteiger partial charge is 0.335 e. The first kappa shape index (κ1) is 18.9. The summed E-state index contributed by atoms with van der Waals surface area (Å²) in [6.07, 6.45) is 3.38. The average Bonchev–Trinajstić information content (AvgIpc) is 2.99. The van der Waals surface area contributed by atoms with E-state index < -0.39 is 11.9 Å². The largest absolute Gasteiger partial charge is 0.478 e. The van der Waals surface area contributed by atoms with Gasteiger partial charge in [-0.25, -0.2) is 4.79 Å². The normalized spacial score (nSPS) is 21.0. The Morgan fingerprint density at radius 3 is 2.10 bits per heavy atom. The summed E-state index contributed by atoms with van der Waals surface area (Å²) in [7, 11) is 0. The van der Waals surface area contributed by atoms with Crippen molar-refractivity contribution in [2.45, 2.75) is 25.7 Å². The molecule has 2 atom stereocenters. The van der Waals surface area contributed by atoms with Crippen molar-refractivity contribution in [3.8, 4) is 0 Å². The molecule has 2 aromatic carbocycles. The Kier molecular flexibility index (Phi) is 4.88. The van der Waals surface area contributed by atoms with Gasteiger partial charge in [0.05, 0.1) is 23.1 Å². The zero-order valence-electron chi connectivity index (χ0n) is 15.6. The molecule has 7 heteroatoms. The molecule has 1 saturated heterocycles. The molecule has 2 fully saturated rings. The molecule has 2 aliphatic rings. The second-order valence-corrected chi connectivity index (χ2v) is 7.40. The third-order valence-electron chi connectivity index (χ3n) is 5.60. The Bertz CT molecular complexity index is 975. The maximum absolute atomic E-state index is 12.8. The number of anilines is 2. The fourth-order valence-corrected chi connectivity index (χ4v) is 4.10. The van der Waals surface area contributed by atoms with E-state index in [9.17, 15) is 19.2 Å². The van der Waals surface area contributed by atoms with E-state index in [1.807, 2.05) is 0 Å². The molecule has 4 rings (SSSR count). The maximum atomic E-state index is 12.8. The first-order valence-electron chi connectivity index (χ1n) is 9.58. The lowest BCUT2D eigenvalue weighted by Crippen LogP contribution is -2.31. The highest BCUT2D eigenvalue weighted by atomic mass is 16.4. The van der Waals surface area contributed by atoms with Crippen LogP contribution in [0.15, 0.2) is 48.5 Å². The minimum atomic E-state index is -1.05. The number of hydrogen-bond acceptors (Lipinski definition) is 4. The predicted molar refractivity (Wildman–Crippen MR) is 106 cm³/mol. The quantitative estimate of drug-likeness (QED) is 0.777. The van der Waals surface area contributed by atoms with Gasteiger partial charge in [0.1, 0.15) is 0 Å². The summed E-state index contributed by atoms with van der Waals surface area (Å²) in [5, 5.41) is 11.6. The topological polar surface area (TPSA) is 104 Å². The number of carboxylic acid groups (broad SMARTS) is 1. The highest BCUT2D eigenvalue weighted by Gasteiger charge is 2.48. The van der Waals surface area contributed by atoms with E-state index in [-0.39, 0.29) is 29.2 Å². The van der Waals surface area contributed by atoms with Gasteiger partial charge in [0.2, 0.25) is 11.8 Å². The number of hydrogen-bond donors (Lipinski definition) is 2. The van der Waals surface area contributed by atoms with Gasteiger partial charge in [0.15, 0.2) is 0 Å². The first-order valence-corrected chi connectivity index (χ1v) is 9.58. The van der Waals surface area contributed by atoms with Gasteiger partial charge in [-0.1, -0.05) is 18.9 Å². The van der Waals surface area contributed by atoms with Gasteiger partial charge in [-0.3, -0.25) is 19.3 Å². The molecule has 1 aliphatic carbocycles. The summed E-state index contributed by atoms with van der Waals surface area (Å²) in [5.41, 5.74) is 1.28. The highest BCUT2D eigenvalue weighted by Crippen LogP contribution is 2.40. The second kappa shape index (κ2) is 7.50. The van der Waals surface area contributed by atoms with Crippen molar-refractivity contribution in [2.24, 2.45) is 11.8 Å². The number of imide groups is 1. The number of carbonyl (C=O) groups excluding carboxylic acids is 3. The summed E-state index contributed by atoms with van der Waals surface area (Å²) in [5.74, 6) is -2.31. The van der Waals surface area contributed by atoms with Crippen LogP contribution >= 0.6 is 0 Å². The van der Waals surface area contributed by atoms with Gasteiger partial charge in [0.25, 0.3) is 5.91 Å². The summed E-state index contributed by atoms with van der Waals surface area (Å²) in [6.45, 7) is 0. The molecule has 2 aromatic rings. The molecule has 0 radical (unpaired) electrons. The molecule has 148 valence electrons.